The fourth-order valence-electron chi connectivity index (χ4n) is 5.95. The van der Waals surface area contributed by atoms with E-state index < -0.39 is 6.10 Å². The fraction of sp³-hybridized carbons (Fsp3) is 0.394. The number of nitrogens with zero attached hydrogens (tertiary/aromatic N) is 2. The molecule has 3 N–H and O–H groups in total. The number of urea groups is 1. The van der Waals surface area contributed by atoms with Crippen molar-refractivity contribution in [2.45, 2.75) is 37.8 Å². The highest BCUT2D eigenvalue weighted by atomic mass is 19.1. The van der Waals surface area contributed by atoms with E-state index in [4.69, 9.17) is 0 Å². The predicted octanol–water partition coefficient (Wildman–Crippen LogP) is 5.03. The lowest BCUT2D eigenvalue weighted by atomic mass is 9.89. The van der Waals surface area contributed by atoms with Gasteiger partial charge in [-0.15, -0.1) is 0 Å². The van der Waals surface area contributed by atoms with E-state index in [0.29, 0.717) is 18.7 Å². The van der Waals surface area contributed by atoms with Crippen LogP contribution in [0.2, 0.25) is 0 Å². The molecule has 1 unspecified atom stereocenters. The number of hydrogen-bond acceptors (Lipinski definition) is 5. The maximum Gasteiger partial charge on any atom is 0.319 e. The summed E-state index contributed by atoms with van der Waals surface area (Å²) in [7, 11) is 0. The number of carbonyl (C=O) groups excluding carboxylic acids is 2. The van der Waals surface area contributed by atoms with Crippen LogP contribution in [0.25, 0.3) is 11.1 Å². The van der Waals surface area contributed by atoms with Gasteiger partial charge >= 0.3 is 6.03 Å². The average molecular weight is 559 g/mol. The van der Waals surface area contributed by atoms with E-state index in [1.54, 1.807) is 12.1 Å². The van der Waals surface area contributed by atoms with Crippen molar-refractivity contribution in [2.24, 2.45) is 5.92 Å². The number of rotatable bonds is 9. The van der Waals surface area contributed by atoms with Crippen LogP contribution in [0.1, 0.15) is 36.0 Å². The molecule has 0 aromatic heterocycles. The minimum atomic E-state index is -0.471. The summed E-state index contributed by atoms with van der Waals surface area (Å²) < 4.78 is 13.2. The molecule has 8 heteroatoms. The third kappa shape index (κ3) is 8.00. The molecule has 2 amide bonds. The van der Waals surface area contributed by atoms with E-state index in [9.17, 15) is 19.1 Å². The Bertz CT molecular complexity index is 1290. The van der Waals surface area contributed by atoms with Gasteiger partial charge in [-0.05, 0) is 74.7 Å². The Hall–Kier alpha value is -3.59. The van der Waals surface area contributed by atoms with Gasteiger partial charge in [-0.25, -0.2) is 9.18 Å². The number of anilines is 1. The molecular formula is C33H39FN4O3. The first-order valence-corrected chi connectivity index (χ1v) is 14.6. The van der Waals surface area contributed by atoms with Crippen molar-refractivity contribution in [3.05, 3.63) is 90.2 Å². The number of Topliss-reactive ketones (excluding diaryl/α,β-unsaturated/α-hetero) is 1. The summed E-state index contributed by atoms with van der Waals surface area (Å²) >= 11 is 0. The second-order valence-corrected chi connectivity index (χ2v) is 11.2. The molecule has 1 atom stereocenters. The lowest BCUT2D eigenvalue weighted by Gasteiger charge is -2.36. The molecule has 2 saturated heterocycles. The van der Waals surface area contributed by atoms with Gasteiger partial charge in [0.05, 0.1) is 11.8 Å². The minimum absolute atomic E-state index is 0.0515. The highest BCUT2D eigenvalue weighted by molar-refractivity contribution is 5.98. The standard InChI is InChI=1S/C33H39FN4O3/c34-27-12-10-25(11-13-27)32(40)26-14-18-37(19-15-26)22-29(39)23-38-20-16-28(17-21-38)35-33(41)36-31-9-5-4-8-30(31)24-6-2-1-3-7-24/h1-13,26,28-29,39H,14-23H2,(H2,35,36,41). The Kier molecular flexibility index (Phi) is 9.77. The van der Waals surface area contributed by atoms with Gasteiger partial charge < -0.3 is 25.5 Å². The van der Waals surface area contributed by atoms with Crippen LogP contribution in [0.3, 0.4) is 0 Å². The molecule has 41 heavy (non-hydrogen) atoms. The molecule has 216 valence electrons. The predicted molar refractivity (Wildman–Crippen MR) is 159 cm³/mol. The van der Waals surface area contributed by atoms with Crippen LogP contribution in [0.4, 0.5) is 14.9 Å². The number of likely N-dealkylation sites (tertiary alicyclic amines) is 2. The van der Waals surface area contributed by atoms with Crippen molar-refractivity contribution >= 4 is 17.5 Å². The molecule has 0 radical (unpaired) electrons. The number of piperidine rings is 2. The van der Waals surface area contributed by atoms with Crippen LogP contribution in [0.5, 0.6) is 0 Å². The number of nitrogens with one attached hydrogen (secondary N) is 2. The van der Waals surface area contributed by atoms with E-state index in [1.807, 2.05) is 54.6 Å². The first-order valence-electron chi connectivity index (χ1n) is 14.6. The number of β-amino-alcohol motifs (C(OH)–C–C–N with tert-alkyl or cyclic N) is 1. The Balaban J connectivity index is 1.01. The van der Waals surface area contributed by atoms with Gasteiger partial charge in [0.25, 0.3) is 0 Å². The van der Waals surface area contributed by atoms with Gasteiger partial charge in [-0.3, -0.25) is 4.79 Å². The van der Waals surface area contributed by atoms with Crippen LogP contribution in [0, 0.1) is 11.7 Å². The number of ketones is 1. The Morgan fingerprint density at radius 1 is 0.805 bits per heavy atom. The lowest BCUT2D eigenvalue weighted by molar-refractivity contribution is 0.0502. The van der Waals surface area contributed by atoms with E-state index in [-0.39, 0.29) is 29.6 Å². The van der Waals surface area contributed by atoms with Crippen LogP contribution in [0.15, 0.2) is 78.9 Å². The molecule has 0 spiro atoms. The Morgan fingerprint density at radius 2 is 1.39 bits per heavy atom. The second-order valence-electron chi connectivity index (χ2n) is 11.2. The van der Waals surface area contributed by atoms with Gasteiger partial charge in [-0.2, -0.15) is 0 Å². The normalized spacial score (nSPS) is 18.1. The van der Waals surface area contributed by atoms with Crippen LogP contribution >= 0.6 is 0 Å². The van der Waals surface area contributed by atoms with Gasteiger partial charge in [-0.1, -0.05) is 48.5 Å². The fourth-order valence-corrected chi connectivity index (χ4v) is 5.95. The maximum absolute atomic E-state index is 13.2. The number of hydrogen-bond donors (Lipinski definition) is 3. The molecule has 2 aliphatic rings. The van der Waals surface area contributed by atoms with E-state index in [1.165, 1.54) is 12.1 Å². The third-order valence-electron chi connectivity index (χ3n) is 8.21. The number of halogens is 1. The van der Waals surface area contributed by atoms with Crippen LogP contribution in [-0.4, -0.2) is 78.1 Å². The monoisotopic (exact) mass is 558 g/mol. The summed E-state index contributed by atoms with van der Waals surface area (Å²) in [6.45, 7) is 4.34. The lowest BCUT2D eigenvalue weighted by Crippen LogP contribution is -2.49. The second kappa shape index (κ2) is 13.9. The molecule has 7 nitrogen and oxygen atoms in total. The summed E-state index contributed by atoms with van der Waals surface area (Å²) in [6.07, 6.45) is 2.69. The van der Waals surface area contributed by atoms with E-state index in [0.717, 1.165) is 68.7 Å². The molecule has 3 aromatic carbocycles. The number of benzene rings is 3. The van der Waals surface area contributed by atoms with E-state index in [2.05, 4.69) is 20.4 Å². The first kappa shape index (κ1) is 28.9. The third-order valence-corrected chi connectivity index (χ3v) is 8.21. The van der Waals surface area contributed by atoms with Gasteiger partial charge in [0.2, 0.25) is 0 Å². The van der Waals surface area contributed by atoms with Crippen molar-refractivity contribution < 1.29 is 19.1 Å². The van der Waals surface area contributed by atoms with Crippen molar-refractivity contribution in [2.75, 3.05) is 44.6 Å². The SMILES string of the molecule is O=C(Nc1ccccc1-c1ccccc1)NC1CCN(CC(O)CN2CCC(C(=O)c3ccc(F)cc3)CC2)CC1. The molecule has 0 bridgehead atoms. The topological polar surface area (TPSA) is 84.9 Å². The number of para-hydroxylation sites is 1. The molecule has 2 fully saturated rings. The summed E-state index contributed by atoms with van der Waals surface area (Å²) in [6, 6.07) is 23.5. The number of aliphatic hydroxyl groups excluding tert-OH is 1. The highest BCUT2D eigenvalue weighted by Gasteiger charge is 2.28. The van der Waals surface area contributed by atoms with Gasteiger partial charge in [0, 0.05) is 49.3 Å². The summed E-state index contributed by atoms with van der Waals surface area (Å²) in [5.74, 6) is -0.308. The Labute approximate surface area is 241 Å². The number of aliphatic hydroxyl groups is 1. The van der Waals surface area contributed by atoms with Gasteiger partial charge in [0.15, 0.2) is 5.78 Å². The molecule has 2 aliphatic heterocycles. The summed E-state index contributed by atoms with van der Waals surface area (Å²) in [5.41, 5.74) is 3.38. The largest absolute Gasteiger partial charge is 0.390 e. The molecule has 3 aromatic rings. The number of carbonyl (C=O) groups is 2. The smallest absolute Gasteiger partial charge is 0.319 e. The zero-order chi connectivity index (χ0) is 28.6. The highest BCUT2D eigenvalue weighted by Crippen LogP contribution is 2.27. The summed E-state index contributed by atoms with van der Waals surface area (Å²) in [5, 5.41) is 16.9. The molecule has 2 heterocycles. The minimum Gasteiger partial charge on any atom is -0.390 e. The number of amides is 2. The zero-order valence-corrected chi connectivity index (χ0v) is 23.3. The quantitative estimate of drug-likeness (QED) is 0.321. The van der Waals surface area contributed by atoms with Crippen molar-refractivity contribution in [1.29, 1.82) is 0 Å². The summed E-state index contributed by atoms with van der Waals surface area (Å²) in [4.78, 5) is 30.0. The molecule has 0 saturated carbocycles. The maximum atomic E-state index is 13.2. The molecule has 5 rings (SSSR count). The molecule has 0 aliphatic carbocycles. The zero-order valence-electron chi connectivity index (χ0n) is 23.3. The average Bonchev–Trinajstić information content (AvgIpc) is 2.99. The van der Waals surface area contributed by atoms with Crippen molar-refractivity contribution in [3.8, 4) is 11.1 Å². The molecular weight excluding hydrogens is 519 g/mol. The van der Waals surface area contributed by atoms with E-state index >= 15 is 0 Å². The van der Waals surface area contributed by atoms with Crippen LogP contribution < -0.4 is 10.6 Å². The van der Waals surface area contributed by atoms with Crippen molar-refractivity contribution in [3.63, 3.8) is 0 Å². The van der Waals surface area contributed by atoms with Gasteiger partial charge in [0.1, 0.15) is 5.82 Å². The van der Waals surface area contributed by atoms with Crippen molar-refractivity contribution in [1.82, 2.24) is 15.1 Å². The van der Waals surface area contributed by atoms with Crippen LogP contribution in [-0.2, 0) is 0 Å². The Morgan fingerprint density at radius 3 is 2.05 bits per heavy atom. The first-order chi connectivity index (χ1) is 19.9.